The molecule has 1 nitrogen and oxygen atoms in total. The zero-order valence-corrected chi connectivity index (χ0v) is 32.5. The van der Waals surface area contributed by atoms with Crippen molar-refractivity contribution in [3.05, 3.63) is 224 Å². The van der Waals surface area contributed by atoms with Crippen LogP contribution in [-0.2, 0) is 0 Å². The fourth-order valence-corrected chi connectivity index (χ4v) is 9.92. The predicted octanol–water partition coefficient (Wildman–Crippen LogP) is 16.5. The summed E-state index contributed by atoms with van der Waals surface area (Å²) in [5.74, 6) is 0. The molecule has 10 aromatic carbocycles. The second kappa shape index (κ2) is 14.4. The van der Waals surface area contributed by atoms with E-state index in [-0.39, 0.29) is 0 Å². The van der Waals surface area contributed by atoms with Crippen molar-refractivity contribution in [2.75, 3.05) is 4.90 Å². The van der Waals surface area contributed by atoms with E-state index in [9.17, 15) is 0 Å². The van der Waals surface area contributed by atoms with E-state index in [0.29, 0.717) is 0 Å². The van der Waals surface area contributed by atoms with E-state index in [2.05, 4.69) is 229 Å². The minimum atomic E-state index is 1.10. The predicted molar refractivity (Wildman–Crippen MR) is 251 cm³/mol. The first kappa shape index (κ1) is 34.0. The Kier molecular flexibility index (Phi) is 8.42. The van der Waals surface area contributed by atoms with Gasteiger partial charge in [0.05, 0.1) is 5.69 Å². The van der Waals surface area contributed by atoms with Crippen LogP contribution in [-0.4, -0.2) is 0 Å². The van der Waals surface area contributed by atoms with E-state index in [1.165, 1.54) is 86.2 Å². The normalized spacial score (nSPS) is 11.4. The van der Waals surface area contributed by atoms with Gasteiger partial charge in [-0.15, -0.1) is 11.3 Å². The van der Waals surface area contributed by atoms with Crippen molar-refractivity contribution >= 4 is 70.1 Å². The van der Waals surface area contributed by atoms with Crippen LogP contribution in [0.15, 0.2) is 224 Å². The molecule has 272 valence electrons. The van der Waals surface area contributed by atoms with Gasteiger partial charge in [0.25, 0.3) is 0 Å². The SMILES string of the molecule is c1ccc(-c2ccc(-c3ccccc3)c(-c3ccc(N(c4cccc(-c5cccc6c5sc5ccccc56)c4)c4cc5ccccc5c5ccccc45)cc3)c2)cc1. The van der Waals surface area contributed by atoms with E-state index in [1.807, 2.05) is 11.3 Å². The Bertz CT molecular complexity index is 3270. The number of benzene rings is 10. The van der Waals surface area contributed by atoms with Gasteiger partial charge in [0.2, 0.25) is 0 Å². The molecule has 0 bridgehead atoms. The maximum atomic E-state index is 2.45. The summed E-state index contributed by atoms with van der Waals surface area (Å²) in [6, 6.07) is 82.0. The molecule has 0 N–H and O–H groups in total. The summed E-state index contributed by atoms with van der Waals surface area (Å²) >= 11 is 1.88. The topological polar surface area (TPSA) is 3.24 Å². The quantitative estimate of drug-likeness (QED) is 0.146. The fourth-order valence-electron chi connectivity index (χ4n) is 8.69. The molecule has 0 aliphatic rings. The van der Waals surface area contributed by atoms with Crippen molar-refractivity contribution in [3.63, 3.8) is 0 Å². The smallest absolute Gasteiger partial charge is 0.0546 e. The van der Waals surface area contributed by atoms with Crippen molar-refractivity contribution in [2.24, 2.45) is 0 Å². The van der Waals surface area contributed by atoms with Crippen LogP contribution in [0, 0.1) is 0 Å². The number of fused-ring (bicyclic) bond motifs is 6. The minimum absolute atomic E-state index is 1.10. The Morgan fingerprint density at radius 1 is 0.293 bits per heavy atom. The van der Waals surface area contributed by atoms with Crippen LogP contribution in [0.2, 0.25) is 0 Å². The third-order valence-corrected chi connectivity index (χ3v) is 12.7. The molecular weight excluding hydrogens is 719 g/mol. The first-order valence-electron chi connectivity index (χ1n) is 19.8. The third-order valence-electron chi connectivity index (χ3n) is 11.5. The lowest BCUT2D eigenvalue weighted by Crippen LogP contribution is -2.11. The zero-order chi connectivity index (χ0) is 38.4. The van der Waals surface area contributed by atoms with Gasteiger partial charge in [-0.1, -0.05) is 182 Å². The molecule has 1 aromatic heterocycles. The number of hydrogen-bond donors (Lipinski definition) is 0. The molecule has 0 saturated heterocycles. The minimum Gasteiger partial charge on any atom is -0.310 e. The van der Waals surface area contributed by atoms with E-state index >= 15 is 0 Å². The van der Waals surface area contributed by atoms with Crippen LogP contribution in [0.25, 0.3) is 86.2 Å². The van der Waals surface area contributed by atoms with Crippen LogP contribution in [0.5, 0.6) is 0 Å². The van der Waals surface area contributed by atoms with Crippen LogP contribution in [0.4, 0.5) is 17.1 Å². The van der Waals surface area contributed by atoms with Gasteiger partial charge < -0.3 is 4.90 Å². The molecule has 0 aliphatic heterocycles. The molecule has 0 radical (unpaired) electrons. The molecule has 11 aromatic rings. The van der Waals surface area contributed by atoms with Crippen molar-refractivity contribution < 1.29 is 0 Å². The van der Waals surface area contributed by atoms with Gasteiger partial charge in [-0.25, -0.2) is 0 Å². The maximum Gasteiger partial charge on any atom is 0.0546 e. The largest absolute Gasteiger partial charge is 0.310 e. The monoisotopic (exact) mass is 755 g/mol. The highest BCUT2D eigenvalue weighted by atomic mass is 32.1. The van der Waals surface area contributed by atoms with Crippen molar-refractivity contribution in [2.45, 2.75) is 0 Å². The lowest BCUT2D eigenvalue weighted by Gasteiger charge is -2.28. The molecule has 0 aliphatic carbocycles. The Balaban J connectivity index is 1.10. The van der Waals surface area contributed by atoms with Crippen LogP contribution in [0.3, 0.4) is 0 Å². The lowest BCUT2D eigenvalue weighted by atomic mass is 9.91. The molecule has 1 heterocycles. The average molecular weight is 756 g/mol. The summed E-state index contributed by atoms with van der Waals surface area (Å²) in [5.41, 5.74) is 13.0. The summed E-state index contributed by atoms with van der Waals surface area (Å²) in [6.07, 6.45) is 0. The second-order valence-electron chi connectivity index (χ2n) is 14.9. The Hall–Kier alpha value is -7.26. The summed E-state index contributed by atoms with van der Waals surface area (Å²) < 4.78 is 2.63. The third kappa shape index (κ3) is 5.94. The highest BCUT2D eigenvalue weighted by Crippen LogP contribution is 2.46. The maximum absolute atomic E-state index is 2.45. The number of hydrogen-bond acceptors (Lipinski definition) is 2. The number of thiophene rings is 1. The first-order chi connectivity index (χ1) is 28.8. The standard InChI is InChI=1S/C56H37NS/c1-3-15-38(16-4-1)41-31-34-47(39-17-5-2-6-18-39)53(36-41)40-29-32-44(33-30-40)57(54-37-43-19-7-8-22-46(43)49-23-9-10-24-50(49)54)45-21-13-20-42(35-45)48-26-14-27-52-51-25-11-12-28-55(51)58-56(48)52/h1-37H. The molecular formula is C56H37NS. The highest BCUT2D eigenvalue weighted by molar-refractivity contribution is 7.26. The Morgan fingerprint density at radius 2 is 0.897 bits per heavy atom. The van der Waals surface area contributed by atoms with Gasteiger partial charge >= 0.3 is 0 Å². The molecule has 0 unspecified atom stereocenters. The molecule has 0 amide bonds. The van der Waals surface area contributed by atoms with E-state index in [4.69, 9.17) is 0 Å². The second-order valence-corrected chi connectivity index (χ2v) is 15.9. The number of nitrogens with zero attached hydrogens (tertiary/aromatic N) is 1. The fraction of sp³-hybridized carbons (Fsp3) is 0. The Labute approximate surface area is 342 Å². The van der Waals surface area contributed by atoms with Crippen LogP contribution in [0.1, 0.15) is 0 Å². The number of rotatable bonds is 7. The van der Waals surface area contributed by atoms with Gasteiger partial charge in [-0.05, 0) is 103 Å². The molecule has 58 heavy (non-hydrogen) atoms. The summed E-state index contributed by atoms with van der Waals surface area (Å²) in [5, 5.41) is 7.55. The van der Waals surface area contributed by atoms with Gasteiger partial charge in [0.1, 0.15) is 0 Å². The van der Waals surface area contributed by atoms with E-state index in [0.717, 1.165) is 17.1 Å². The van der Waals surface area contributed by atoms with Gasteiger partial charge in [-0.3, -0.25) is 0 Å². The Morgan fingerprint density at radius 3 is 1.71 bits per heavy atom. The molecule has 0 spiro atoms. The summed E-state index contributed by atoms with van der Waals surface area (Å²) in [7, 11) is 0. The van der Waals surface area contributed by atoms with Crippen LogP contribution >= 0.6 is 11.3 Å². The van der Waals surface area contributed by atoms with Gasteiger partial charge in [-0.2, -0.15) is 0 Å². The number of anilines is 3. The van der Waals surface area contributed by atoms with E-state index < -0.39 is 0 Å². The van der Waals surface area contributed by atoms with E-state index in [1.54, 1.807) is 0 Å². The molecule has 0 fully saturated rings. The average Bonchev–Trinajstić information content (AvgIpc) is 3.69. The van der Waals surface area contributed by atoms with Crippen molar-refractivity contribution in [1.82, 2.24) is 0 Å². The zero-order valence-electron chi connectivity index (χ0n) is 31.7. The highest BCUT2D eigenvalue weighted by Gasteiger charge is 2.20. The molecule has 2 heteroatoms. The summed E-state index contributed by atoms with van der Waals surface area (Å²) in [4.78, 5) is 2.45. The van der Waals surface area contributed by atoms with Crippen molar-refractivity contribution in [1.29, 1.82) is 0 Å². The first-order valence-corrected chi connectivity index (χ1v) is 20.7. The van der Waals surface area contributed by atoms with Crippen molar-refractivity contribution in [3.8, 4) is 44.5 Å². The molecule has 11 rings (SSSR count). The molecule has 0 saturated carbocycles. The lowest BCUT2D eigenvalue weighted by molar-refractivity contribution is 1.30. The summed E-state index contributed by atoms with van der Waals surface area (Å²) in [6.45, 7) is 0. The van der Waals surface area contributed by atoms with Crippen LogP contribution < -0.4 is 4.90 Å². The molecule has 0 atom stereocenters. The van der Waals surface area contributed by atoms with Gasteiger partial charge in [0, 0.05) is 36.9 Å². The van der Waals surface area contributed by atoms with Gasteiger partial charge in [0.15, 0.2) is 0 Å².